The average Bonchev–Trinajstić information content (AvgIpc) is 2.54. The molecule has 0 aliphatic carbocycles. The van der Waals surface area contributed by atoms with Gasteiger partial charge in [0.2, 0.25) is 0 Å². The van der Waals surface area contributed by atoms with Crippen molar-refractivity contribution < 1.29 is 18.0 Å². The molecule has 0 fully saturated rings. The number of hydrogen-bond acceptors (Lipinski definition) is 3. The molecule has 0 aromatic heterocycles. The van der Waals surface area contributed by atoms with Gasteiger partial charge in [0, 0.05) is 11.1 Å². The zero-order valence-corrected chi connectivity index (χ0v) is 12.3. The molecule has 0 bridgehead atoms. The Balaban J connectivity index is 2.17. The largest absolute Gasteiger partial charge is 0.417 e. The van der Waals surface area contributed by atoms with Crippen LogP contribution in [0.5, 0.6) is 0 Å². The van der Waals surface area contributed by atoms with Crippen LogP contribution in [0.25, 0.3) is 0 Å². The van der Waals surface area contributed by atoms with Gasteiger partial charge in [0.05, 0.1) is 22.9 Å². The second-order valence-electron chi connectivity index (χ2n) is 4.76. The Kier molecular flexibility index (Phi) is 5.02. The van der Waals surface area contributed by atoms with E-state index in [1.54, 1.807) is 24.3 Å². The van der Waals surface area contributed by atoms with E-state index in [9.17, 15) is 13.2 Å². The Morgan fingerprint density at radius 3 is 2.48 bits per heavy atom. The summed E-state index contributed by atoms with van der Waals surface area (Å²) >= 11 is 0. The summed E-state index contributed by atoms with van der Waals surface area (Å²) in [5.41, 5.74) is 0.384. The van der Waals surface area contributed by atoms with E-state index in [0.717, 1.165) is 6.07 Å². The van der Waals surface area contributed by atoms with Crippen molar-refractivity contribution in [3.05, 3.63) is 70.8 Å². The van der Waals surface area contributed by atoms with Crippen LogP contribution in [0.15, 0.2) is 53.7 Å². The van der Waals surface area contributed by atoms with Crippen molar-refractivity contribution >= 4 is 5.71 Å². The summed E-state index contributed by atoms with van der Waals surface area (Å²) in [6.07, 6.45) is -4.46. The highest BCUT2D eigenvalue weighted by Gasteiger charge is 2.33. The SMILES string of the molecule is C/C(=N\OCc1ccccc1C#N)c1ccccc1C(F)(F)F. The smallest absolute Gasteiger partial charge is 0.391 e. The van der Waals surface area contributed by atoms with E-state index >= 15 is 0 Å². The lowest BCUT2D eigenvalue weighted by molar-refractivity contribution is -0.137. The topological polar surface area (TPSA) is 45.4 Å². The lowest BCUT2D eigenvalue weighted by atomic mass is 10.0. The molecule has 0 N–H and O–H groups in total. The van der Waals surface area contributed by atoms with Gasteiger partial charge >= 0.3 is 6.18 Å². The first-order chi connectivity index (χ1) is 10.9. The molecule has 0 aliphatic rings. The Bertz CT molecular complexity index is 761. The van der Waals surface area contributed by atoms with E-state index in [0.29, 0.717) is 11.1 Å². The van der Waals surface area contributed by atoms with Gasteiger partial charge in [0.15, 0.2) is 0 Å². The van der Waals surface area contributed by atoms with Crippen molar-refractivity contribution in [3.8, 4) is 6.07 Å². The first kappa shape index (κ1) is 16.6. The molecule has 2 aromatic carbocycles. The number of benzene rings is 2. The standard InChI is InChI=1S/C17H13F3N2O/c1-12(15-8-4-5-9-16(15)17(18,19)20)22-23-11-14-7-3-2-6-13(14)10-21/h2-9H,11H2,1H3/b22-12+. The minimum absolute atomic E-state index is 0.00918. The zero-order valence-electron chi connectivity index (χ0n) is 12.3. The maximum atomic E-state index is 13.0. The lowest BCUT2D eigenvalue weighted by Gasteiger charge is -2.12. The van der Waals surface area contributed by atoms with Gasteiger partial charge in [0.25, 0.3) is 0 Å². The highest BCUT2D eigenvalue weighted by Crippen LogP contribution is 2.32. The van der Waals surface area contributed by atoms with Crippen molar-refractivity contribution in [2.24, 2.45) is 5.16 Å². The average molecular weight is 318 g/mol. The summed E-state index contributed by atoms with van der Waals surface area (Å²) < 4.78 is 38.9. The molecule has 0 saturated carbocycles. The Morgan fingerprint density at radius 2 is 1.78 bits per heavy atom. The molecule has 3 nitrogen and oxygen atoms in total. The molecular formula is C17H13F3N2O. The van der Waals surface area contributed by atoms with Gasteiger partial charge in [-0.05, 0) is 19.1 Å². The van der Waals surface area contributed by atoms with Crippen molar-refractivity contribution in [1.29, 1.82) is 5.26 Å². The highest BCUT2D eigenvalue weighted by molar-refractivity contribution is 5.99. The number of rotatable bonds is 4. The first-order valence-corrected chi connectivity index (χ1v) is 6.74. The summed E-state index contributed by atoms with van der Waals surface area (Å²) in [5, 5.41) is 12.7. The minimum Gasteiger partial charge on any atom is -0.391 e. The van der Waals surface area contributed by atoms with Gasteiger partial charge < -0.3 is 4.84 Å². The summed E-state index contributed by atoms with van der Waals surface area (Å²) in [5.74, 6) is 0. The van der Waals surface area contributed by atoms with Gasteiger partial charge in [-0.1, -0.05) is 41.6 Å². The fourth-order valence-corrected chi connectivity index (χ4v) is 2.05. The molecule has 0 amide bonds. The maximum absolute atomic E-state index is 13.0. The molecule has 0 aliphatic heterocycles. The molecule has 0 spiro atoms. The van der Waals surface area contributed by atoms with Crippen LogP contribution in [0.1, 0.15) is 29.2 Å². The van der Waals surface area contributed by atoms with Crippen LogP contribution in [0.3, 0.4) is 0 Å². The second kappa shape index (κ2) is 6.97. The number of nitriles is 1. The van der Waals surface area contributed by atoms with Crippen LogP contribution in [-0.2, 0) is 17.6 Å². The van der Waals surface area contributed by atoms with E-state index in [1.165, 1.54) is 25.1 Å². The highest BCUT2D eigenvalue weighted by atomic mass is 19.4. The maximum Gasteiger partial charge on any atom is 0.417 e. The third kappa shape index (κ3) is 4.10. The van der Waals surface area contributed by atoms with Gasteiger partial charge in [-0.3, -0.25) is 0 Å². The Morgan fingerprint density at radius 1 is 1.13 bits per heavy atom. The van der Waals surface area contributed by atoms with Gasteiger partial charge in [0.1, 0.15) is 6.61 Å². The van der Waals surface area contributed by atoms with Crippen LogP contribution in [0.2, 0.25) is 0 Å². The van der Waals surface area contributed by atoms with E-state index in [2.05, 4.69) is 5.16 Å². The van der Waals surface area contributed by atoms with E-state index in [1.807, 2.05) is 6.07 Å². The summed E-state index contributed by atoms with van der Waals surface area (Å²) in [6, 6.07) is 14.0. The predicted octanol–water partition coefficient (Wildman–Crippen LogP) is 4.52. The normalized spacial score (nSPS) is 11.9. The van der Waals surface area contributed by atoms with Crippen LogP contribution >= 0.6 is 0 Å². The summed E-state index contributed by atoms with van der Waals surface area (Å²) in [6.45, 7) is 1.45. The van der Waals surface area contributed by atoms with Crippen LogP contribution in [0, 0.1) is 11.3 Å². The van der Waals surface area contributed by atoms with Crippen LogP contribution in [0.4, 0.5) is 13.2 Å². The number of nitrogens with zero attached hydrogens (tertiary/aromatic N) is 2. The molecular weight excluding hydrogens is 305 g/mol. The monoisotopic (exact) mass is 318 g/mol. The molecule has 0 radical (unpaired) electrons. The van der Waals surface area contributed by atoms with Crippen LogP contribution in [-0.4, -0.2) is 5.71 Å². The number of alkyl halides is 3. The molecule has 0 heterocycles. The van der Waals surface area contributed by atoms with Crippen molar-refractivity contribution in [2.75, 3.05) is 0 Å². The third-order valence-electron chi connectivity index (χ3n) is 3.18. The molecule has 0 atom stereocenters. The van der Waals surface area contributed by atoms with Gasteiger partial charge in [-0.2, -0.15) is 18.4 Å². The minimum atomic E-state index is -4.46. The first-order valence-electron chi connectivity index (χ1n) is 6.74. The quantitative estimate of drug-likeness (QED) is 0.614. The molecule has 0 saturated heterocycles. The lowest BCUT2D eigenvalue weighted by Crippen LogP contribution is -2.12. The summed E-state index contributed by atoms with van der Waals surface area (Å²) in [4.78, 5) is 5.12. The predicted molar refractivity (Wildman–Crippen MR) is 79.6 cm³/mol. The van der Waals surface area contributed by atoms with Gasteiger partial charge in [-0.15, -0.1) is 0 Å². The van der Waals surface area contributed by atoms with E-state index < -0.39 is 11.7 Å². The molecule has 23 heavy (non-hydrogen) atoms. The van der Waals surface area contributed by atoms with Crippen LogP contribution < -0.4 is 0 Å². The fourth-order valence-electron chi connectivity index (χ4n) is 2.05. The Hall–Kier alpha value is -2.81. The van der Waals surface area contributed by atoms with Crippen molar-refractivity contribution in [3.63, 3.8) is 0 Å². The number of oxime groups is 1. The third-order valence-corrected chi connectivity index (χ3v) is 3.18. The number of hydrogen-bond donors (Lipinski definition) is 0. The number of halogens is 3. The van der Waals surface area contributed by atoms with Crippen molar-refractivity contribution in [1.82, 2.24) is 0 Å². The second-order valence-corrected chi connectivity index (χ2v) is 4.76. The fraction of sp³-hybridized carbons (Fsp3) is 0.176. The summed E-state index contributed by atoms with van der Waals surface area (Å²) in [7, 11) is 0. The van der Waals surface area contributed by atoms with Crippen molar-refractivity contribution in [2.45, 2.75) is 19.7 Å². The van der Waals surface area contributed by atoms with E-state index in [-0.39, 0.29) is 17.9 Å². The molecule has 2 aromatic rings. The molecule has 6 heteroatoms. The zero-order chi connectivity index (χ0) is 16.9. The molecule has 0 unspecified atom stereocenters. The molecule has 118 valence electrons. The van der Waals surface area contributed by atoms with E-state index in [4.69, 9.17) is 10.1 Å². The van der Waals surface area contributed by atoms with Gasteiger partial charge in [-0.25, -0.2) is 0 Å². The Labute approximate surface area is 131 Å². The molecule has 2 rings (SSSR count).